The van der Waals surface area contributed by atoms with Gasteiger partial charge in [-0.1, -0.05) is 38.1 Å². The minimum atomic E-state index is -4.50. The van der Waals surface area contributed by atoms with E-state index in [9.17, 15) is 35.8 Å². The molecule has 1 aliphatic carbocycles. The van der Waals surface area contributed by atoms with Gasteiger partial charge in [0.25, 0.3) is 26.1 Å². The van der Waals surface area contributed by atoms with E-state index in [0.29, 0.717) is 37.1 Å². The standard InChI is InChI=1S/C46H54N4O8S2/c1-10-49-39-24-37-35(22-33(39)31(26-45(49,5)6)28-59(53,54)55)42(43-47(9)19-20-48(43)18-14-13-17-41(51)52)34-21-32-29(2)25-44(3,4)50(38(32)23-36(34)46(37,7)8)27-30-15-11-12-16-40(30)60(56,57)58/h11-12,15-16,19-26H,10,13-14,17-18,27-28H2,1-9H3,(H-2,51,52,53,54,55,56,57,58)/p+2. The number of nitrogens with zero attached hydrogens (tertiary/aromatic N) is 4. The molecule has 3 heterocycles. The van der Waals surface area contributed by atoms with Crippen LogP contribution in [0.2, 0.25) is 0 Å². The lowest BCUT2D eigenvalue weighted by atomic mass is 9.68. The quantitative estimate of drug-likeness (QED) is 0.0953. The molecule has 0 radical (unpaired) electrons. The molecule has 0 spiro atoms. The first-order chi connectivity index (χ1) is 27.9. The number of fused-ring (bicyclic) bond motifs is 4. The monoisotopic (exact) mass is 856 g/mol. The number of likely N-dealkylation sites (N-methyl/N-ethyl adjacent to an activating group) is 1. The summed E-state index contributed by atoms with van der Waals surface area (Å²) >= 11 is 0. The van der Waals surface area contributed by atoms with Crippen LogP contribution in [0.15, 0.2) is 78.0 Å². The Morgan fingerprint density at radius 1 is 0.867 bits per heavy atom. The molecule has 4 aromatic rings. The normalized spacial score (nSPS) is 17.6. The van der Waals surface area contributed by atoms with Crippen molar-refractivity contribution >= 4 is 48.6 Å². The lowest BCUT2D eigenvalue weighted by molar-refractivity contribution is -0.673. The van der Waals surface area contributed by atoms with Crippen molar-refractivity contribution in [2.45, 2.75) is 109 Å². The molecule has 14 heteroatoms. The molecular formula is C46H56N4O8S2+2. The molecule has 0 unspecified atom stereocenters. The van der Waals surface area contributed by atoms with Crippen molar-refractivity contribution in [2.24, 2.45) is 7.05 Å². The highest BCUT2D eigenvalue weighted by atomic mass is 32.2. The second-order valence-corrected chi connectivity index (χ2v) is 20.9. The highest BCUT2D eigenvalue weighted by molar-refractivity contribution is 7.86. The molecule has 2 aliphatic heterocycles. The van der Waals surface area contributed by atoms with Gasteiger partial charge in [0, 0.05) is 60.7 Å². The summed E-state index contributed by atoms with van der Waals surface area (Å²) in [6.45, 7) is 18.2. The Hall–Kier alpha value is -4.89. The molecule has 318 valence electrons. The number of carbonyl (C=O) groups is 1. The van der Waals surface area contributed by atoms with Crippen LogP contribution in [0.4, 0.5) is 5.69 Å². The Morgan fingerprint density at radius 3 is 2.22 bits per heavy atom. The second kappa shape index (κ2) is 14.9. The summed E-state index contributed by atoms with van der Waals surface area (Å²) in [6, 6.07) is 15.2. The third-order valence-corrected chi connectivity index (χ3v) is 14.2. The number of unbranched alkanes of at least 4 members (excludes halogenated alkanes) is 1. The Bertz CT molecular complexity index is 2900. The average molecular weight is 857 g/mol. The Labute approximate surface area is 353 Å². The van der Waals surface area contributed by atoms with E-state index in [1.807, 2.05) is 39.4 Å². The van der Waals surface area contributed by atoms with Crippen LogP contribution in [0, 0.1) is 0 Å². The van der Waals surface area contributed by atoms with Crippen LogP contribution >= 0.6 is 0 Å². The summed E-state index contributed by atoms with van der Waals surface area (Å²) in [6.07, 6.45) is 9.32. The van der Waals surface area contributed by atoms with Gasteiger partial charge in [-0.05, 0) is 104 Å². The number of benzene rings is 3. The molecule has 0 saturated heterocycles. The molecule has 12 nitrogen and oxygen atoms in total. The largest absolute Gasteiger partial charge is 0.481 e. The number of anilines is 1. The van der Waals surface area contributed by atoms with Crippen LogP contribution in [0.5, 0.6) is 0 Å². The number of allylic oxidation sites excluding steroid dienone is 1. The van der Waals surface area contributed by atoms with Crippen LogP contribution in [0.3, 0.4) is 0 Å². The van der Waals surface area contributed by atoms with Crippen LogP contribution in [0.1, 0.15) is 114 Å². The summed E-state index contributed by atoms with van der Waals surface area (Å²) in [5, 5.41) is 11.3. The van der Waals surface area contributed by atoms with Gasteiger partial charge in [-0.3, -0.25) is 13.9 Å². The van der Waals surface area contributed by atoms with Gasteiger partial charge in [-0.2, -0.15) is 16.8 Å². The maximum Gasteiger partial charge on any atom is 0.303 e. The van der Waals surface area contributed by atoms with E-state index < -0.39 is 48.5 Å². The summed E-state index contributed by atoms with van der Waals surface area (Å²) in [5.41, 5.74) is 6.74. The molecular weight excluding hydrogens is 801 g/mol. The van der Waals surface area contributed by atoms with Crippen molar-refractivity contribution in [2.75, 3.05) is 17.2 Å². The van der Waals surface area contributed by atoms with Gasteiger partial charge >= 0.3 is 5.97 Å². The average Bonchev–Trinajstić information content (AvgIpc) is 3.49. The molecule has 60 heavy (non-hydrogen) atoms. The van der Waals surface area contributed by atoms with Gasteiger partial charge in [0.15, 0.2) is 12.1 Å². The maximum absolute atomic E-state index is 12.6. The molecule has 3 aromatic carbocycles. The zero-order valence-electron chi connectivity index (χ0n) is 35.9. The van der Waals surface area contributed by atoms with Crippen molar-refractivity contribution in [1.82, 2.24) is 9.14 Å². The number of carboxylic acids is 1. The first-order valence-corrected chi connectivity index (χ1v) is 23.4. The third-order valence-electron chi connectivity index (χ3n) is 12.6. The number of aromatic nitrogens is 2. The molecule has 0 amide bonds. The van der Waals surface area contributed by atoms with E-state index >= 15 is 0 Å². The van der Waals surface area contributed by atoms with Gasteiger partial charge in [0.2, 0.25) is 5.36 Å². The zero-order chi connectivity index (χ0) is 43.9. The molecule has 7 rings (SSSR count). The molecule has 3 aliphatic rings. The summed E-state index contributed by atoms with van der Waals surface area (Å²) < 4.78 is 77.1. The smallest absolute Gasteiger partial charge is 0.303 e. The number of imidazole rings is 1. The molecule has 0 saturated carbocycles. The summed E-state index contributed by atoms with van der Waals surface area (Å²) in [7, 11) is -6.91. The summed E-state index contributed by atoms with van der Waals surface area (Å²) in [5.74, 6) is -0.481. The SMILES string of the molecule is CCN1c2cc3c(cc2C(CS(=O)(=O)O)=CC1(C)C)C(c1n(CCCCC(=O)O)cc[n+]1C)=c1cc2c(cc1C3(C)C)=[N+](Cc1ccccc1S(=O)(=O)O)C(C)(C)C=C2C. The number of hydrogen-bond acceptors (Lipinski definition) is 6. The fourth-order valence-electron chi connectivity index (χ4n) is 9.89. The van der Waals surface area contributed by atoms with Crippen LogP contribution in [-0.2, 0) is 50.6 Å². The van der Waals surface area contributed by atoms with Crippen molar-refractivity contribution in [3.63, 3.8) is 0 Å². The topological polar surface area (TPSA) is 161 Å². The molecule has 0 bridgehead atoms. The van der Waals surface area contributed by atoms with E-state index in [1.54, 1.807) is 18.2 Å². The van der Waals surface area contributed by atoms with Crippen molar-refractivity contribution < 1.29 is 40.4 Å². The molecule has 0 atom stereocenters. The molecule has 0 fully saturated rings. The predicted octanol–water partition coefficient (Wildman–Crippen LogP) is 5.48. The van der Waals surface area contributed by atoms with Gasteiger partial charge in [-0.15, -0.1) is 0 Å². The van der Waals surface area contributed by atoms with Crippen LogP contribution in [-0.4, -0.2) is 65.0 Å². The fourth-order valence-corrected chi connectivity index (χ4v) is 11.2. The third kappa shape index (κ3) is 7.67. The zero-order valence-corrected chi connectivity index (χ0v) is 37.5. The highest BCUT2D eigenvalue weighted by Crippen LogP contribution is 2.47. The summed E-state index contributed by atoms with van der Waals surface area (Å²) in [4.78, 5) is 13.5. The molecule has 1 aromatic heterocycles. The van der Waals surface area contributed by atoms with Crippen molar-refractivity contribution in [3.05, 3.63) is 123 Å². The van der Waals surface area contributed by atoms with Crippen LogP contribution in [0.25, 0.3) is 16.7 Å². The second-order valence-electron chi connectivity index (χ2n) is 18.1. The number of hydrogen-bond donors (Lipinski definition) is 3. The predicted molar refractivity (Wildman–Crippen MR) is 233 cm³/mol. The number of carboxylic acid groups (broad SMARTS) is 1. The molecule has 3 N–H and O–H groups in total. The number of aliphatic carboxylic acids is 1. The maximum atomic E-state index is 12.6. The van der Waals surface area contributed by atoms with Crippen LogP contribution < -0.4 is 24.6 Å². The number of aryl methyl sites for hydroxylation is 2. The number of rotatable bonds is 12. The Kier molecular flexibility index (Phi) is 10.8. The minimum Gasteiger partial charge on any atom is -0.481 e. The van der Waals surface area contributed by atoms with E-state index in [1.165, 1.54) is 6.07 Å². The van der Waals surface area contributed by atoms with Gasteiger partial charge in [0.1, 0.15) is 23.0 Å². The lowest BCUT2D eigenvalue weighted by Gasteiger charge is -2.45. The van der Waals surface area contributed by atoms with Crippen molar-refractivity contribution in [3.8, 4) is 0 Å². The van der Waals surface area contributed by atoms with E-state index in [4.69, 9.17) is 0 Å². The van der Waals surface area contributed by atoms with Gasteiger partial charge in [0.05, 0.1) is 24.7 Å². The fraction of sp³-hybridized carbons (Fsp3) is 0.413. The van der Waals surface area contributed by atoms with Gasteiger partial charge < -0.3 is 10.0 Å². The van der Waals surface area contributed by atoms with E-state index in [2.05, 4.69) is 90.5 Å². The Balaban J connectivity index is 1.61. The van der Waals surface area contributed by atoms with Crippen molar-refractivity contribution in [1.29, 1.82) is 0 Å². The Morgan fingerprint density at radius 2 is 1.57 bits per heavy atom. The first kappa shape index (κ1) is 43.2. The van der Waals surface area contributed by atoms with Gasteiger partial charge in [-0.25, -0.2) is 13.7 Å². The van der Waals surface area contributed by atoms with E-state index in [0.717, 1.165) is 61.1 Å². The minimum absolute atomic E-state index is 0.0672. The lowest BCUT2D eigenvalue weighted by Crippen LogP contribution is -2.50. The van der Waals surface area contributed by atoms with E-state index in [-0.39, 0.29) is 17.9 Å². The first-order valence-electron chi connectivity index (χ1n) is 20.3. The highest BCUT2D eigenvalue weighted by Gasteiger charge is 2.43.